The summed E-state index contributed by atoms with van der Waals surface area (Å²) in [6, 6.07) is 1.68. The van der Waals surface area contributed by atoms with Crippen molar-refractivity contribution < 1.29 is 14.4 Å². The number of nitrogens with zero attached hydrogens (tertiary/aromatic N) is 2. The summed E-state index contributed by atoms with van der Waals surface area (Å²) >= 11 is 6.13. The molecule has 1 aromatic heterocycles. The van der Waals surface area contributed by atoms with Gasteiger partial charge in [0, 0.05) is 25.1 Å². The highest BCUT2D eigenvalue weighted by molar-refractivity contribution is 6.22. The van der Waals surface area contributed by atoms with E-state index in [1.807, 2.05) is 6.92 Å². The van der Waals surface area contributed by atoms with Gasteiger partial charge in [0.25, 0.3) is 5.91 Å². The molecule has 1 amide bonds. The molecular formula is C10H11ClN2O3. The van der Waals surface area contributed by atoms with E-state index < -0.39 is 5.50 Å². The molecule has 1 atom stereocenters. The minimum Gasteiger partial charge on any atom is -0.375 e. The molecule has 1 aliphatic heterocycles. The van der Waals surface area contributed by atoms with Gasteiger partial charge in [-0.25, -0.2) is 0 Å². The molecule has 16 heavy (non-hydrogen) atoms. The van der Waals surface area contributed by atoms with Gasteiger partial charge in [-0.3, -0.25) is 9.78 Å². The van der Waals surface area contributed by atoms with Gasteiger partial charge >= 0.3 is 0 Å². The lowest BCUT2D eigenvalue weighted by Gasteiger charge is -2.17. The van der Waals surface area contributed by atoms with Crippen molar-refractivity contribution in [1.82, 2.24) is 10.0 Å². The Kier molecular flexibility index (Phi) is 2.98. The summed E-state index contributed by atoms with van der Waals surface area (Å²) in [7, 11) is 1.44. The smallest absolute Gasteiger partial charge is 0.282 e. The van der Waals surface area contributed by atoms with E-state index >= 15 is 0 Å². The molecule has 1 aliphatic rings. The number of carbonyl (C=O) groups excluding carboxylic acids is 1. The van der Waals surface area contributed by atoms with Crippen LogP contribution in [-0.4, -0.2) is 29.7 Å². The number of pyridine rings is 1. The molecule has 86 valence electrons. The third-order valence-electron chi connectivity index (χ3n) is 2.30. The van der Waals surface area contributed by atoms with Gasteiger partial charge in [-0.15, -0.1) is 0 Å². The maximum Gasteiger partial charge on any atom is 0.282 e. The second kappa shape index (κ2) is 4.27. The number of aromatic nitrogens is 1. The maximum absolute atomic E-state index is 11.6. The predicted octanol–water partition coefficient (Wildman–Crippen LogP) is 1.41. The molecule has 5 nitrogen and oxygen atoms in total. The topological polar surface area (TPSA) is 51.7 Å². The van der Waals surface area contributed by atoms with E-state index in [1.165, 1.54) is 7.11 Å². The third-order valence-corrected chi connectivity index (χ3v) is 2.70. The monoisotopic (exact) mass is 242 g/mol. The summed E-state index contributed by atoms with van der Waals surface area (Å²) < 4.78 is 4.75. The first-order valence-corrected chi connectivity index (χ1v) is 5.17. The summed E-state index contributed by atoms with van der Waals surface area (Å²) in [5, 5.41) is 1.10. The summed E-state index contributed by atoms with van der Waals surface area (Å²) in [4.78, 5) is 21.1. The number of methoxy groups -OCH3 is 1. The largest absolute Gasteiger partial charge is 0.375 e. The van der Waals surface area contributed by atoms with Crippen LogP contribution < -0.4 is 4.84 Å². The Morgan fingerprint density at radius 2 is 2.50 bits per heavy atom. The van der Waals surface area contributed by atoms with Crippen LogP contribution in [0.4, 0.5) is 0 Å². The number of amides is 1. The summed E-state index contributed by atoms with van der Waals surface area (Å²) in [5.41, 5.74) is 0.838. The van der Waals surface area contributed by atoms with Crippen molar-refractivity contribution in [3.8, 4) is 5.75 Å². The molecule has 0 aliphatic carbocycles. The predicted molar refractivity (Wildman–Crippen MR) is 56.9 cm³/mol. The number of ether oxygens (including phenoxy) is 1. The van der Waals surface area contributed by atoms with E-state index in [-0.39, 0.29) is 12.5 Å². The lowest BCUT2D eigenvalue weighted by Crippen LogP contribution is -2.33. The van der Waals surface area contributed by atoms with Crippen molar-refractivity contribution in [2.24, 2.45) is 0 Å². The molecular weight excluding hydrogens is 232 g/mol. The zero-order valence-corrected chi connectivity index (χ0v) is 9.69. The number of hydrogen-bond acceptors (Lipinski definition) is 4. The van der Waals surface area contributed by atoms with Crippen LogP contribution >= 0.6 is 11.6 Å². The van der Waals surface area contributed by atoms with Crippen LogP contribution in [0, 0.1) is 6.92 Å². The van der Waals surface area contributed by atoms with Crippen LogP contribution in [0.1, 0.15) is 16.8 Å². The van der Waals surface area contributed by atoms with Crippen LogP contribution in [-0.2, 0) is 9.53 Å². The number of aryl methyl sites for hydroxylation is 1. The van der Waals surface area contributed by atoms with E-state index in [4.69, 9.17) is 21.2 Å². The molecule has 2 heterocycles. The van der Waals surface area contributed by atoms with E-state index in [0.717, 1.165) is 16.3 Å². The Morgan fingerprint density at radius 1 is 1.75 bits per heavy atom. The highest BCUT2D eigenvalue weighted by Gasteiger charge is 2.36. The summed E-state index contributed by atoms with van der Waals surface area (Å²) in [6.45, 7) is 1.76. The van der Waals surface area contributed by atoms with Gasteiger partial charge in [-0.05, 0) is 6.92 Å². The number of hydrogen-bond donors (Lipinski definition) is 0. The Morgan fingerprint density at radius 3 is 3.12 bits per heavy atom. The van der Waals surface area contributed by atoms with Crippen molar-refractivity contribution in [3.05, 3.63) is 23.5 Å². The van der Waals surface area contributed by atoms with Crippen molar-refractivity contribution >= 4 is 17.5 Å². The van der Waals surface area contributed by atoms with Crippen LogP contribution in [0.2, 0.25) is 0 Å². The average Bonchev–Trinajstić information content (AvgIpc) is 2.58. The molecule has 0 saturated carbocycles. The highest BCUT2D eigenvalue weighted by Crippen LogP contribution is 2.40. The first kappa shape index (κ1) is 11.2. The molecule has 0 bridgehead atoms. The number of rotatable bonds is 2. The minimum atomic E-state index is -0.647. The van der Waals surface area contributed by atoms with Gasteiger partial charge < -0.3 is 9.57 Å². The van der Waals surface area contributed by atoms with Gasteiger partial charge in [0.15, 0.2) is 11.3 Å². The van der Waals surface area contributed by atoms with Crippen molar-refractivity contribution in [2.45, 2.75) is 12.4 Å². The van der Waals surface area contributed by atoms with Crippen molar-refractivity contribution in [1.29, 1.82) is 0 Å². The Balaban J connectivity index is 2.27. The molecule has 0 N–H and O–H groups in total. The number of carbonyl (C=O) groups is 1. The normalized spacial score (nSPS) is 18.2. The van der Waals surface area contributed by atoms with Crippen LogP contribution in [0.15, 0.2) is 12.3 Å². The van der Waals surface area contributed by atoms with Crippen LogP contribution in [0.3, 0.4) is 0 Å². The number of fused-ring (bicyclic) bond motifs is 1. The molecule has 0 saturated heterocycles. The number of halogens is 1. The Labute approximate surface area is 97.9 Å². The maximum atomic E-state index is 11.6. The molecule has 0 radical (unpaired) electrons. The van der Waals surface area contributed by atoms with Gasteiger partial charge in [0.2, 0.25) is 0 Å². The molecule has 6 heteroatoms. The lowest BCUT2D eigenvalue weighted by molar-refractivity contribution is -0.160. The lowest BCUT2D eigenvalue weighted by atomic mass is 10.2. The molecule has 0 fully saturated rings. The van der Waals surface area contributed by atoms with Crippen LogP contribution in [0.5, 0.6) is 5.75 Å². The zero-order chi connectivity index (χ0) is 11.7. The molecule has 0 aromatic carbocycles. The van der Waals surface area contributed by atoms with Crippen LogP contribution in [0.25, 0.3) is 0 Å². The fourth-order valence-corrected chi connectivity index (χ4v) is 1.97. The Bertz CT molecular complexity index is 425. The highest BCUT2D eigenvalue weighted by atomic mass is 35.5. The number of alkyl halides is 1. The van der Waals surface area contributed by atoms with E-state index in [0.29, 0.717) is 5.75 Å². The first-order chi connectivity index (χ1) is 7.65. The molecule has 1 aromatic rings. The van der Waals surface area contributed by atoms with Gasteiger partial charge in [0.05, 0.1) is 5.56 Å². The Hall–Kier alpha value is -1.33. The standard InChI is InChI=1S/C10H11ClN2O3/c1-6-9-7(3-4-12-6)16-13(10(9)11)8(14)5-15-2/h3-4,10H,5H2,1-2H3. The fourth-order valence-electron chi connectivity index (χ4n) is 1.56. The average molecular weight is 243 g/mol. The van der Waals surface area contributed by atoms with E-state index in [2.05, 4.69) is 4.98 Å². The van der Waals surface area contributed by atoms with E-state index in [1.54, 1.807) is 12.3 Å². The second-order valence-electron chi connectivity index (χ2n) is 3.39. The third kappa shape index (κ3) is 1.72. The van der Waals surface area contributed by atoms with Crippen molar-refractivity contribution in [2.75, 3.05) is 13.7 Å². The van der Waals surface area contributed by atoms with Gasteiger partial charge in [-0.2, -0.15) is 5.06 Å². The van der Waals surface area contributed by atoms with E-state index in [9.17, 15) is 4.79 Å². The summed E-state index contributed by atoms with van der Waals surface area (Å²) in [5.74, 6) is 0.245. The first-order valence-electron chi connectivity index (χ1n) is 4.73. The van der Waals surface area contributed by atoms with Crippen molar-refractivity contribution in [3.63, 3.8) is 0 Å². The molecule has 1 unspecified atom stereocenters. The SMILES string of the molecule is COCC(=O)N1Oc2ccnc(C)c2C1Cl. The summed E-state index contributed by atoms with van der Waals surface area (Å²) in [6.07, 6.45) is 1.61. The zero-order valence-electron chi connectivity index (χ0n) is 8.94. The second-order valence-corrected chi connectivity index (χ2v) is 3.80. The quantitative estimate of drug-likeness (QED) is 0.581. The number of hydroxylamine groups is 2. The minimum absolute atomic E-state index is 0.0658. The fraction of sp³-hybridized carbons (Fsp3) is 0.400. The van der Waals surface area contributed by atoms with Gasteiger partial charge in [0.1, 0.15) is 6.61 Å². The molecule has 0 spiro atoms. The molecule has 2 rings (SSSR count). The van der Waals surface area contributed by atoms with Gasteiger partial charge in [-0.1, -0.05) is 11.6 Å².